The Morgan fingerprint density at radius 3 is 3.04 bits per heavy atom. The zero-order valence-electron chi connectivity index (χ0n) is 14.3. The van der Waals surface area contributed by atoms with E-state index in [4.69, 9.17) is 9.47 Å². The monoisotopic (exact) mass is 480 g/mol. The van der Waals surface area contributed by atoms with Gasteiger partial charge in [0.05, 0.1) is 11.5 Å². The molecule has 0 spiro atoms. The van der Waals surface area contributed by atoms with Crippen molar-refractivity contribution in [2.24, 2.45) is 0 Å². The number of benzene rings is 2. The Morgan fingerprint density at radius 2 is 2.21 bits per heavy atom. The molecule has 1 aliphatic heterocycles. The van der Waals surface area contributed by atoms with E-state index in [0.29, 0.717) is 28.8 Å². The van der Waals surface area contributed by atoms with Crippen LogP contribution in [0.3, 0.4) is 0 Å². The number of halogens is 1. The van der Waals surface area contributed by atoms with E-state index in [-0.39, 0.29) is 12.5 Å². The molecule has 11 heteroatoms. The Bertz CT molecular complexity index is 1030. The number of anilines is 2. The van der Waals surface area contributed by atoms with Gasteiger partial charge in [-0.3, -0.25) is 10.1 Å². The van der Waals surface area contributed by atoms with E-state index in [1.807, 2.05) is 24.3 Å². The van der Waals surface area contributed by atoms with E-state index in [9.17, 15) is 10.1 Å². The van der Waals surface area contributed by atoms with Crippen molar-refractivity contribution in [2.75, 3.05) is 12.1 Å². The van der Waals surface area contributed by atoms with Crippen LogP contribution in [-0.4, -0.2) is 21.9 Å². The molecule has 0 radical (unpaired) electrons. The average Bonchev–Trinajstić information content (AvgIpc) is 3.13. The minimum absolute atomic E-state index is 0.0257. The first-order valence-electron chi connectivity index (χ1n) is 8.08. The lowest BCUT2D eigenvalue weighted by Gasteiger charge is -2.20. The number of thioether (sulfide) groups is 1. The lowest BCUT2D eigenvalue weighted by molar-refractivity contribution is -0.385. The molecule has 4 rings (SSSR count). The highest BCUT2D eigenvalue weighted by Gasteiger charge is 2.21. The summed E-state index contributed by atoms with van der Waals surface area (Å²) in [7, 11) is 0. The van der Waals surface area contributed by atoms with E-state index in [2.05, 4.69) is 31.4 Å². The molecule has 1 N–H and O–H groups in total. The molecule has 0 saturated carbocycles. The first kappa shape index (κ1) is 19.1. The molecule has 1 aliphatic rings. The zero-order valence-corrected chi connectivity index (χ0v) is 17.5. The Labute approximate surface area is 176 Å². The van der Waals surface area contributed by atoms with Gasteiger partial charge in [-0.05, 0) is 18.2 Å². The highest BCUT2D eigenvalue weighted by atomic mass is 79.9. The molecule has 0 aliphatic carbocycles. The van der Waals surface area contributed by atoms with Crippen LogP contribution in [0.5, 0.6) is 5.75 Å². The summed E-state index contributed by atoms with van der Waals surface area (Å²) in [6, 6.07) is 10.8. The minimum Gasteiger partial charge on any atom is -0.467 e. The number of fused-ring (bicyclic) bond motifs is 1. The van der Waals surface area contributed by atoms with Gasteiger partial charge in [-0.25, -0.2) is 0 Å². The predicted molar refractivity (Wildman–Crippen MR) is 110 cm³/mol. The van der Waals surface area contributed by atoms with Crippen LogP contribution in [0.2, 0.25) is 0 Å². The molecule has 0 unspecified atom stereocenters. The number of ether oxygens (including phenoxy) is 2. The van der Waals surface area contributed by atoms with E-state index < -0.39 is 4.92 Å². The summed E-state index contributed by atoms with van der Waals surface area (Å²) in [5.74, 6) is 1.14. The summed E-state index contributed by atoms with van der Waals surface area (Å²) in [5.41, 5.74) is 2.36. The zero-order chi connectivity index (χ0) is 19.5. The Kier molecular flexibility index (Phi) is 5.76. The van der Waals surface area contributed by atoms with Crippen molar-refractivity contribution >= 4 is 55.5 Å². The van der Waals surface area contributed by atoms with Crippen LogP contribution < -0.4 is 10.1 Å². The molecule has 0 saturated heterocycles. The first-order valence-corrected chi connectivity index (χ1v) is 10.7. The number of aromatic nitrogens is 2. The highest BCUT2D eigenvalue weighted by Crippen LogP contribution is 2.37. The molecule has 144 valence electrons. The van der Waals surface area contributed by atoms with Gasteiger partial charge in [-0.1, -0.05) is 45.1 Å². The van der Waals surface area contributed by atoms with Gasteiger partial charge in [0, 0.05) is 39.2 Å². The molecule has 0 fully saturated rings. The quantitative estimate of drug-likeness (QED) is 0.295. The van der Waals surface area contributed by atoms with Gasteiger partial charge in [-0.2, -0.15) is 0 Å². The second kappa shape index (κ2) is 8.43. The van der Waals surface area contributed by atoms with Gasteiger partial charge in [0.2, 0.25) is 5.13 Å². The largest absolute Gasteiger partial charge is 0.467 e. The SMILES string of the molecule is O=[N+]([O-])c1cc2c(c(CSc3nnc(Nc4cccc(Br)c4)s3)c1)OCOC2. The average molecular weight is 481 g/mol. The van der Waals surface area contributed by atoms with Gasteiger partial charge in [-0.15, -0.1) is 10.2 Å². The molecular weight excluding hydrogens is 468 g/mol. The van der Waals surface area contributed by atoms with Crippen LogP contribution >= 0.6 is 39.0 Å². The molecular formula is C17H13BrN4O4S2. The molecule has 8 nitrogen and oxygen atoms in total. The van der Waals surface area contributed by atoms with Crippen LogP contribution in [0, 0.1) is 10.1 Å². The maximum absolute atomic E-state index is 11.2. The van der Waals surface area contributed by atoms with E-state index in [1.54, 1.807) is 6.07 Å². The molecule has 0 amide bonds. The number of nitrogens with zero attached hydrogens (tertiary/aromatic N) is 3. The summed E-state index contributed by atoms with van der Waals surface area (Å²) >= 11 is 6.30. The number of nitrogens with one attached hydrogen (secondary N) is 1. The van der Waals surface area contributed by atoms with Crippen LogP contribution in [0.25, 0.3) is 0 Å². The van der Waals surface area contributed by atoms with Gasteiger partial charge in [0.15, 0.2) is 11.1 Å². The first-order chi connectivity index (χ1) is 13.6. The lowest BCUT2D eigenvalue weighted by Crippen LogP contribution is -2.13. The number of nitro benzene ring substituents is 1. The summed E-state index contributed by atoms with van der Waals surface area (Å²) in [6.07, 6.45) is 0. The summed E-state index contributed by atoms with van der Waals surface area (Å²) in [6.45, 7) is 0.441. The van der Waals surface area contributed by atoms with Crippen molar-refractivity contribution in [1.82, 2.24) is 10.2 Å². The molecule has 1 aromatic heterocycles. The predicted octanol–water partition coefficient (Wildman–Crippen LogP) is 5.11. The van der Waals surface area contributed by atoms with Crippen molar-refractivity contribution in [3.63, 3.8) is 0 Å². The number of hydrogen-bond acceptors (Lipinski definition) is 9. The standard InChI is InChI=1S/C17H13BrN4O4S2/c18-12-2-1-3-13(6-12)19-16-20-21-17(28-16)27-8-11-5-14(22(23)24)4-10-7-25-9-26-15(10)11/h1-6H,7-9H2,(H,19,20). The summed E-state index contributed by atoms with van der Waals surface area (Å²) in [4.78, 5) is 10.8. The Morgan fingerprint density at radius 1 is 1.32 bits per heavy atom. The number of nitro groups is 1. The van der Waals surface area contributed by atoms with E-state index in [1.165, 1.54) is 29.2 Å². The van der Waals surface area contributed by atoms with Crippen molar-refractivity contribution in [1.29, 1.82) is 0 Å². The molecule has 28 heavy (non-hydrogen) atoms. The van der Waals surface area contributed by atoms with Crippen LogP contribution in [-0.2, 0) is 17.1 Å². The van der Waals surface area contributed by atoms with Gasteiger partial charge < -0.3 is 14.8 Å². The summed E-state index contributed by atoms with van der Waals surface area (Å²) in [5, 5.41) is 23.4. The van der Waals surface area contributed by atoms with Gasteiger partial charge in [0.25, 0.3) is 5.69 Å². The van der Waals surface area contributed by atoms with Gasteiger partial charge in [0.1, 0.15) is 5.75 Å². The van der Waals surface area contributed by atoms with E-state index in [0.717, 1.165) is 20.1 Å². The number of hydrogen-bond donors (Lipinski definition) is 1. The fourth-order valence-electron chi connectivity index (χ4n) is 2.64. The summed E-state index contributed by atoms with van der Waals surface area (Å²) < 4.78 is 12.5. The molecule has 0 bridgehead atoms. The fraction of sp³-hybridized carbons (Fsp3) is 0.176. The lowest BCUT2D eigenvalue weighted by atomic mass is 10.1. The van der Waals surface area contributed by atoms with Crippen molar-refractivity contribution in [3.05, 3.63) is 62.1 Å². The third kappa shape index (κ3) is 4.43. The molecule has 2 aromatic carbocycles. The number of non-ortho nitro benzene ring substituents is 1. The molecule has 2 heterocycles. The second-order valence-electron chi connectivity index (χ2n) is 5.76. The Balaban J connectivity index is 1.48. The topological polar surface area (TPSA) is 99.4 Å². The van der Waals surface area contributed by atoms with E-state index >= 15 is 0 Å². The van der Waals surface area contributed by atoms with Crippen molar-refractivity contribution in [3.8, 4) is 5.75 Å². The Hall–Kier alpha value is -2.21. The number of rotatable bonds is 6. The normalized spacial score (nSPS) is 12.9. The van der Waals surface area contributed by atoms with Crippen molar-refractivity contribution < 1.29 is 14.4 Å². The minimum atomic E-state index is -0.409. The molecule has 0 atom stereocenters. The highest BCUT2D eigenvalue weighted by molar-refractivity contribution is 9.10. The third-order valence-corrected chi connectivity index (χ3v) is 6.33. The van der Waals surface area contributed by atoms with Crippen LogP contribution in [0.1, 0.15) is 11.1 Å². The second-order valence-corrected chi connectivity index (χ2v) is 8.87. The third-order valence-electron chi connectivity index (χ3n) is 3.82. The molecule has 3 aromatic rings. The maximum atomic E-state index is 11.2. The maximum Gasteiger partial charge on any atom is 0.270 e. The van der Waals surface area contributed by atoms with Crippen molar-refractivity contribution in [2.45, 2.75) is 16.7 Å². The van der Waals surface area contributed by atoms with Crippen LogP contribution in [0.4, 0.5) is 16.5 Å². The smallest absolute Gasteiger partial charge is 0.270 e. The van der Waals surface area contributed by atoms with Crippen LogP contribution in [0.15, 0.2) is 45.2 Å². The van der Waals surface area contributed by atoms with Gasteiger partial charge >= 0.3 is 0 Å². The fourth-order valence-corrected chi connectivity index (χ4v) is 4.78.